The highest BCUT2D eigenvalue weighted by molar-refractivity contribution is 5.88. The average molecular weight is 282 g/mol. The van der Waals surface area contributed by atoms with E-state index in [1.165, 1.54) is 12.1 Å². The number of H-pyrrole nitrogens is 1. The molecule has 0 spiro atoms. The van der Waals surface area contributed by atoms with E-state index in [0.29, 0.717) is 13.0 Å². The number of aromatic amines is 1. The highest BCUT2D eigenvalue weighted by Gasteiger charge is 2.08. The number of hydrogen-bond donors (Lipinski definition) is 2. The molecule has 0 bridgehead atoms. The number of fused-ring (bicyclic) bond motifs is 1. The molecule has 106 valence electrons. The van der Waals surface area contributed by atoms with Crippen molar-refractivity contribution in [3.63, 3.8) is 0 Å². The van der Waals surface area contributed by atoms with Gasteiger partial charge >= 0.3 is 0 Å². The lowest BCUT2D eigenvalue weighted by Crippen LogP contribution is -2.24. The molecular formula is C17H15FN2O. The molecule has 0 unspecified atom stereocenters. The van der Waals surface area contributed by atoms with E-state index < -0.39 is 0 Å². The molecule has 0 radical (unpaired) electrons. The monoisotopic (exact) mass is 282 g/mol. The van der Waals surface area contributed by atoms with Crippen LogP contribution in [0.3, 0.4) is 0 Å². The van der Waals surface area contributed by atoms with Crippen molar-refractivity contribution in [3.8, 4) is 0 Å². The van der Waals surface area contributed by atoms with Gasteiger partial charge in [0.2, 0.25) is 5.91 Å². The molecule has 0 saturated heterocycles. The second-order valence-corrected chi connectivity index (χ2v) is 4.94. The summed E-state index contributed by atoms with van der Waals surface area (Å²) in [5.41, 5.74) is 2.88. The molecule has 21 heavy (non-hydrogen) atoms. The number of rotatable bonds is 4. The molecule has 4 heteroatoms. The van der Waals surface area contributed by atoms with Crippen molar-refractivity contribution in [3.05, 3.63) is 71.7 Å². The van der Waals surface area contributed by atoms with Gasteiger partial charge in [0.1, 0.15) is 5.82 Å². The van der Waals surface area contributed by atoms with Crippen LogP contribution < -0.4 is 5.32 Å². The maximum Gasteiger partial charge on any atom is 0.224 e. The molecule has 0 aliphatic carbocycles. The summed E-state index contributed by atoms with van der Waals surface area (Å²) in [6.45, 7) is 0.404. The number of amides is 1. The molecule has 0 aliphatic rings. The van der Waals surface area contributed by atoms with Crippen molar-refractivity contribution in [2.45, 2.75) is 13.0 Å². The molecule has 0 aliphatic heterocycles. The largest absolute Gasteiger partial charge is 0.361 e. The highest BCUT2D eigenvalue weighted by atomic mass is 19.1. The minimum atomic E-state index is -0.274. The third-order valence-corrected chi connectivity index (χ3v) is 3.43. The zero-order chi connectivity index (χ0) is 14.7. The first-order chi connectivity index (χ1) is 10.2. The second kappa shape index (κ2) is 5.79. The molecule has 0 saturated carbocycles. The maximum atomic E-state index is 12.8. The summed E-state index contributed by atoms with van der Waals surface area (Å²) in [5, 5.41) is 3.91. The summed E-state index contributed by atoms with van der Waals surface area (Å²) in [6.07, 6.45) is 2.19. The first-order valence-corrected chi connectivity index (χ1v) is 6.78. The Kier molecular flexibility index (Phi) is 3.69. The standard InChI is InChI=1S/C17H15FN2O/c18-14-7-5-12(6-8-14)10-20-17(21)9-13-11-19-16-4-2-1-3-15(13)16/h1-8,11,19H,9-10H2,(H,20,21). The minimum absolute atomic E-state index is 0.0518. The quantitative estimate of drug-likeness (QED) is 0.758. The van der Waals surface area contributed by atoms with E-state index in [-0.39, 0.29) is 11.7 Å². The number of nitrogens with one attached hydrogen (secondary N) is 2. The maximum absolute atomic E-state index is 12.8. The molecule has 3 aromatic rings. The average Bonchev–Trinajstić information content (AvgIpc) is 2.90. The lowest BCUT2D eigenvalue weighted by molar-refractivity contribution is -0.120. The molecule has 1 amide bonds. The van der Waals surface area contributed by atoms with E-state index in [0.717, 1.165) is 22.0 Å². The number of aromatic nitrogens is 1. The number of carbonyl (C=O) groups excluding carboxylic acids is 1. The van der Waals surface area contributed by atoms with Gasteiger partial charge in [-0.15, -0.1) is 0 Å². The van der Waals surface area contributed by atoms with Gasteiger partial charge in [0.25, 0.3) is 0 Å². The third-order valence-electron chi connectivity index (χ3n) is 3.43. The predicted octanol–water partition coefficient (Wildman–Crippen LogP) is 3.17. The zero-order valence-corrected chi connectivity index (χ0v) is 11.4. The van der Waals surface area contributed by atoms with Gasteiger partial charge in [0.15, 0.2) is 0 Å². The van der Waals surface area contributed by atoms with Crippen LogP contribution in [0.25, 0.3) is 10.9 Å². The van der Waals surface area contributed by atoms with Gasteiger partial charge in [0, 0.05) is 23.6 Å². The summed E-state index contributed by atoms with van der Waals surface area (Å²) in [6, 6.07) is 14.0. The van der Waals surface area contributed by atoms with E-state index in [4.69, 9.17) is 0 Å². The number of halogens is 1. The molecule has 2 N–H and O–H groups in total. The summed E-state index contributed by atoms with van der Waals surface area (Å²) in [7, 11) is 0. The Morgan fingerprint density at radius 1 is 1.10 bits per heavy atom. The summed E-state index contributed by atoms with van der Waals surface area (Å²) < 4.78 is 12.8. The molecule has 3 rings (SSSR count). The zero-order valence-electron chi connectivity index (χ0n) is 11.4. The molecule has 0 fully saturated rings. The first kappa shape index (κ1) is 13.4. The lowest BCUT2D eigenvalue weighted by Gasteiger charge is -2.05. The van der Waals surface area contributed by atoms with Crippen LogP contribution in [0.15, 0.2) is 54.7 Å². The van der Waals surface area contributed by atoms with Crippen LogP contribution in [0.4, 0.5) is 4.39 Å². The number of benzene rings is 2. The Labute approximate surface area is 121 Å². The van der Waals surface area contributed by atoms with Crippen molar-refractivity contribution in [1.29, 1.82) is 0 Å². The third kappa shape index (κ3) is 3.11. The van der Waals surface area contributed by atoms with Gasteiger partial charge in [-0.25, -0.2) is 4.39 Å². The van der Waals surface area contributed by atoms with Crippen LogP contribution in [0, 0.1) is 5.82 Å². The van der Waals surface area contributed by atoms with E-state index >= 15 is 0 Å². The normalized spacial score (nSPS) is 10.7. The van der Waals surface area contributed by atoms with Gasteiger partial charge in [-0.05, 0) is 29.3 Å². The van der Waals surface area contributed by atoms with E-state index in [9.17, 15) is 9.18 Å². The molecule has 1 aromatic heterocycles. The summed E-state index contributed by atoms with van der Waals surface area (Å²) in [4.78, 5) is 15.1. The minimum Gasteiger partial charge on any atom is -0.361 e. The second-order valence-electron chi connectivity index (χ2n) is 4.94. The summed E-state index contributed by atoms with van der Waals surface area (Å²) in [5.74, 6) is -0.326. The van der Waals surface area contributed by atoms with Crippen molar-refractivity contribution in [2.24, 2.45) is 0 Å². The highest BCUT2D eigenvalue weighted by Crippen LogP contribution is 2.17. The summed E-state index contributed by atoms with van der Waals surface area (Å²) >= 11 is 0. The van der Waals surface area contributed by atoms with E-state index in [1.807, 2.05) is 30.5 Å². The van der Waals surface area contributed by atoms with Crippen molar-refractivity contribution in [2.75, 3.05) is 0 Å². The van der Waals surface area contributed by atoms with Crippen LogP contribution in [0.2, 0.25) is 0 Å². The number of para-hydroxylation sites is 1. The molecule has 1 heterocycles. The van der Waals surface area contributed by atoms with Gasteiger partial charge in [-0.2, -0.15) is 0 Å². The fourth-order valence-corrected chi connectivity index (χ4v) is 2.32. The SMILES string of the molecule is O=C(Cc1c[nH]c2ccccc12)NCc1ccc(F)cc1. The first-order valence-electron chi connectivity index (χ1n) is 6.78. The van der Waals surface area contributed by atoms with Crippen molar-refractivity contribution < 1.29 is 9.18 Å². The van der Waals surface area contributed by atoms with Gasteiger partial charge in [-0.3, -0.25) is 4.79 Å². The fraction of sp³-hybridized carbons (Fsp3) is 0.118. The fourth-order valence-electron chi connectivity index (χ4n) is 2.32. The van der Waals surface area contributed by atoms with Crippen LogP contribution in [0.5, 0.6) is 0 Å². The molecule has 2 aromatic carbocycles. The van der Waals surface area contributed by atoms with Crippen LogP contribution in [-0.4, -0.2) is 10.9 Å². The van der Waals surface area contributed by atoms with Crippen LogP contribution in [-0.2, 0) is 17.8 Å². The van der Waals surface area contributed by atoms with Crippen molar-refractivity contribution in [1.82, 2.24) is 10.3 Å². The molecule has 3 nitrogen and oxygen atoms in total. The smallest absolute Gasteiger partial charge is 0.224 e. The van der Waals surface area contributed by atoms with Crippen LogP contribution in [0.1, 0.15) is 11.1 Å². The number of hydrogen-bond acceptors (Lipinski definition) is 1. The Morgan fingerprint density at radius 3 is 2.67 bits per heavy atom. The molecular weight excluding hydrogens is 267 g/mol. The number of carbonyl (C=O) groups is 1. The van der Waals surface area contributed by atoms with Crippen molar-refractivity contribution >= 4 is 16.8 Å². The topological polar surface area (TPSA) is 44.9 Å². The van der Waals surface area contributed by atoms with Gasteiger partial charge in [0.05, 0.1) is 6.42 Å². The molecule has 0 atom stereocenters. The predicted molar refractivity (Wildman–Crippen MR) is 80.2 cm³/mol. The van der Waals surface area contributed by atoms with Gasteiger partial charge < -0.3 is 10.3 Å². The Morgan fingerprint density at radius 2 is 1.86 bits per heavy atom. The Balaban J connectivity index is 1.62. The van der Waals surface area contributed by atoms with E-state index in [2.05, 4.69) is 10.3 Å². The van der Waals surface area contributed by atoms with E-state index in [1.54, 1.807) is 12.1 Å². The van der Waals surface area contributed by atoms with Crippen LogP contribution >= 0.6 is 0 Å². The Hall–Kier alpha value is -2.62. The Bertz CT molecular complexity index is 762. The lowest BCUT2D eigenvalue weighted by atomic mass is 10.1. The van der Waals surface area contributed by atoms with Gasteiger partial charge in [-0.1, -0.05) is 30.3 Å².